The molecule has 2 aromatic heterocycles. The summed E-state index contributed by atoms with van der Waals surface area (Å²) >= 11 is 1.67. The third-order valence-electron chi connectivity index (χ3n) is 4.09. The van der Waals surface area contributed by atoms with Crippen molar-refractivity contribution in [2.45, 2.75) is 6.54 Å². The monoisotopic (exact) mass is 290 g/mol. The highest BCUT2D eigenvalue weighted by molar-refractivity contribution is 7.25. The maximum atomic E-state index is 12.5. The molecule has 0 spiro atoms. The summed E-state index contributed by atoms with van der Waals surface area (Å²) in [5.74, 6) is 0.801. The normalized spacial score (nSPS) is 12.8. The SMILES string of the molecule is O=c1nc2n(c3sc4ccccc4c13)Cc1ccccc1-2. The first-order chi connectivity index (χ1) is 10.3. The predicted octanol–water partition coefficient (Wildman–Crippen LogP) is 3.64. The first-order valence-electron chi connectivity index (χ1n) is 6.83. The molecule has 1 aliphatic heterocycles. The van der Waals surface area contributed by atoms with Crippen LogP contribution in [-0.2, 0) is 6.54 Å². The maximum absolute atomic E-state index is 12.5. The molecular weight excluding hydrogens is 280 g/mol. The van der Waals surface area contributed by atoms with E-state index in [0.717, 1.165) is 38.2 Å². The molecule has 0 amide bonds. The minimum atomic E-state index is -0.120. The molecule has 3 nitrogen and oxygen atoms in total. The lowest BCUT2D eigenvalue weighted by atomic mass is 10.1. The van der Waals surface area contributed by atoms with Gasteiger partial charge in [0.15, 0.2) is 0 Å². The van der Waals surface area contributed by atoms with Gasteiger partial charge in [0.05, 0.1) is 11.9 Å². The lowest BCUT2D eigenvalue weighted by Crippen LogP contribution is -2.11. The number of benzene rings is 2. The predicted molar refractivity (Wildman–Crippen MR) is 85.9 cm³/mol. The van der Waals surface area contributed by atoms with E-state index in [2.05, 4.69) is 21.7 Å². The molecular formula is C17H10N2OS. The van der Waals surface area contributed by atoms with Gasteiger partial charge < -0.3 is 4.57 Å². The summed E-state index contributed by atoms with van der Waals surface area (Å²) in [6.07, 6.45) is 0. The molecule has 2 aromatic carbocycles. The molecule has 0 saturated heterocycles. The van der Waals surface area contributed by atoms with Crippen LogP contribution < -0.4 is 5.56 Å². The zero-order valence-electron chi connectivity index (χ0n) is 11.0. The Hall–Kier alpha value is -2.46. The summed E-state index contributed by atoms with van der Waals surface area (Å²) < 4.78 is 3.31. The van der Waals surface area contributed by atoms with Gasteiger partial charge in [0.1, 0.15) is 10.7 Å². The number of hydrogen-bond acceptors (Lipinski definition) is 3. The third kappa shape index (κ3) is 1.37. The molecule has 0 fully saturated rings. The summed E-state index contributed by atoms with van der Waals surface area (Å²) in [4.78, 5) is 17.9. The fourth-order valence-electron chi connectivity index (χ4n) is 3.14. The molecule has 21 heavy (non-hydrogen) atoms. The number of fused-ring (bicyclic) bond motifs is 7. The van der Waals surface area contributed by atoms with Crippen LogP contribution >= 0.6 is 11.3 Å². The van der Waals surface area contributed by atoms with Crippen molar-refractivity contribution in [1.29, 1.82) is 0 Å². The molecule has 0 N–H and O–H groups in total. The zero-order valence-corrected chi connectivity index (χ0v) is 11.9. The first-order valence-corrected chi connectivity index (χ1v) is 7.65. The van der Waals surface area contributed by atoms with Crippen molar-refractivity contribution in [2.75, 3.05) is 0 Å². The highest BCUT2D eigenvalue weighted by Gasteiger charge is 2.23. The number of hydrogen-bond donors (Lipinski definition) is 0. The van der Waals surface area contributed by atoms with Crippen LogP contribution in [-0.4, -0.2) is 9.55 Å². The molecule has 0 unspecified atom stereocenters. The Morgan fingerprint density at radius 2 is 1.86 bits per heavy atom. The molecule has 0 saturated carbocycles. The highest BCUT2D eigenvalue weighted by atomic mass is 32.1. The number of aromatic nitrogens is 2. The number of rotatable bonds is 0. The van der Waals surface area contributed by atoms with Crippen LogP contribution in [0.1, 0.15) is 5.56 Å². The Labute approximate surface area is 124 Å². The van der Waals surface area contributed by atoms with E-state index in [-0.39, 0.29) is 5.56 Å². The van der Waals surface area contributed by atoms with Gasteiger partial charge in [-0.2, -0.15) is 4.98 Å². The third-order valence-corrected chi connectivity index (χ3v) is 5.28. The lowest BCUT2D eigenvalue weighted by molar-refractivity contribution is 0.861. The van der Waals surface area contributed by atoms with E-state index in [9.17, 15) is 4.79 Å². The average molecular weight is 290 g/mol. The Morgan fingerprint density at radius 3 is 2.81 bits per heavy atom. The molecule has 100 valence electrons. The minimum absolute atomic E-state index is 0.120. The van der Waals surface area contributed by atoms with E-state index in [0.29, 0.717) is 0 Å². The van der Waals surface area contributed by atoms with Gasteiger partial charge in [0.25, 0.3) is 5.56 Å². The van der Waals surface area contributed by atoms with Crippen LogP contribution in [0.15, 0.2) is 53.3 Å². The minimum Gasteiger partial charge on any atom is -0.312 e. The Morgan fingerprint density at radius 1 is 1.05 bits per heavy atom. The fourth-order valence-corrected chi connectivity index (χ4v) is 4.33. The van der Waals surface area contributed by atoms with Gasteiger partial charge >= 0.3 is 0 Å². The standard InChI is InChI=1S/C17H10N2OS/c20-16-14-12-7-3-4-8-13(12)21-17(14)19-9-10-5-1-2-6-11(10)15(19)18-16/h1-8H,9H2. The van der Waals surface area contributed by atoms with Crippen molar-refractivity contribution in [3.8, 4) is 11.4 Å². The number of nitrogens with zero attached hydrogens (tertiary/aromatic N) is 2. The van der Waals surface area contributed by atoms with Crippen LogP contribution in [0.3, 0.4) is 0 Å². The summed E-state index contributed by atoms with van der Waals surface area (Å²) in [7, 11) is 0. The van der Waals surface area contributed by atoms with Gasteiger partial charge in [-0.25, -0.2) is 0 Å². The average Bonchev–Trinajstić information content (AvgIpc) is 3.06. The molecule has 4 heteroatoms. The Bertz CT molecular complexity index is 1090. The van der Waals surface area contributed by atoms with E-state index < -0.39 is 0 Å². The second kappa shape index (κ2) is 3.80. The quantitative estimate of drug-likeness (QED) is 0.436. The Balaban J connectivity index is 2.00. The van der Waals surface area contributed by atoms with Crippen molar-refractivity contribution in [2.24, 2.45) is 0 Å². The molecule has 0 bridgehead atoms. The molecule has 0 atom stereocenters. The summed E-state index contributed by atoms with van der Waals surface area (Å²) in [5, 5.41) is 1.77. The van der Waals surface area contributed by atoms with Gasteiger partial charge in [0, 0.05) is 15.6 Å². The van der Waals surface area contributed by atoms with Crippen molar-refractivity contribution in [3.05, 3.63) is 64.4 Å². The van der Waals surface area contributed by atoms with Gasteiger partial charge in [-0.05, 0) is 11.6 Å². The van der Waals surface area contributed by atoms with E-state index in [1.54, 1.807) is 11.3 Å². The molecule has 5 rings (SSSR count). The summed E-state index contributed by atoms with van der Waals surface area (Å²) in [5.41, 5.74) is 2.19. The van der Waals surface area contributed by atoms with E-state index in [1.807, 2.05) is 36.4 Å². The molecule has 3 heterocycles. The van der Waals surface area contributed by atoms with Crippen molar-refractivity contribution >= 4 is 31.6 Å². The van der Waals surface area contributed by atoms with Gasteiger partial charge in [0.2, 0.25) is 0 Å². The molecule has 1 aliphatic rings. The second-order valence-electron chi connectivity index (χ2n) is 5.26. The van der Waals surface area contributed by atoms with Crippen LogP contribution in [0.4, 0.5) is 0 Å². The first kappa shape index (κ1) is 11.2. The fraction of sp³-hybridized carbons (Fsp3) is 0.0588. The van der Waals surface area contributed by atoms with Crippen LogP contribution in [0.25, 0.3) is 31.7 Å². The molecule has 4 aromatic rings. The van der Waals surface area contributed by atoms with Crippen LogP contribution in [0, 0.1) is 0 Å². The van der Waals surface area contributed by atoms with E-state index in [4.69, 9.17) is 0 Å². The van der Waals surface area contributed by atoms with Crippen LogP contribution in [0.5, 0.6) is 0 Å². The zero-order chi connectivity index (χ0) is 14.0. The van der Waals surface area contributed by atoms with E-state index >= 15 is 0 Å². The summed E-state index contributed by atoms with van der Waals surface area (Å²) in [6, 6.07) is 16.2. The highest BCUT2D eigenvalue weighted by Crippen LogP contribution is 2.37. The van der Waals surface area contributed by atoms with Crippen molar-refractivity contribution in [1.82, 2.24) is 9.55 Å². The van der Waals surface area contributed by atoms with Gasteiger partial charge in [-0.15, -0.1) is 11.3 Å². The topological polar surface area (TPSA) is 34.9 Å². The van der Waals surface area contributed by atoms with Gasteiger partial charge in [-0.1, -0.05) is 42.5 Å². The molecule has 0 aliphatic carbocycles. The Kier molecular flexibility index (Phi) is 2.03. The van der Waals surface area contributed by atoms with Crippen molar-refractivity contribution < 1.29 is 0 Å². The summed E-state index contributed by atoms with van der Waals surface area (Å²) in [6.45, 7) is 0.794. The van der Waals surface area contributed by atoms with Gasteiger partial charge in [-0.3, -0.25) is 4.79 Å². The van der Waals surface area contributed by atoms with Crippen LogP contribution in [0.2, 0.25) is 0 Å². The largest absolute Gasteiger partial charge is 0.312 e. The van der Waals surface area contributed by atoms with E-state index in [1.165, 1.54) is 5.56 Å². The maximum Gasteiger partial charge on any atom is 0.282 e. The lowest BCUT2D eigenvalue weighted by Gasteiger charge is -2.03. The smallest absolute Gasteiger partial charge is 0.282 e. The second-order valence-corrected chi connectivity index (χ2v) is 6.29. The molecule has 0 radical (unpaired) electrons. The number of thiophene rings is 1. The van der Waals surface area contributed by atoms with Crippen molar-refractivity contribution in [3.63, 3.8) is 0 Å².